The van der Waals surface area contributed by atoms with E-state index in [1.54, 1.807) is 0 Å². The number of thioether (sulfide) groups is 1. The molecule has 2 rings (SSSR count). The topological polar surface area (TPSA) is 29.5 Å². The van der Waals surface area contributed by atoms with E-state index in [4.69, 9.17) is 4.74 Å². The summed E-state index contributed by atoms with van der Waals surface area (Å²) >= 11 is 1.94. The first-order valence-electron chi connectivity index (χ1n) is 6.80. The summed E-state index contributed by atoms with van der Waals surface area (Å²) in [5.74, 6) is 2.17. The minimum absolute atomic E-state index is 0.293. The first kappa shape index (κ1) is 14.5. The van der Waals surface area contributed by atoms with E-state index in [1.165, 1.54) is 0 Å². The molecule has 3 heteroatoms. The second kappa shape index (κ2) is 6.49. The summed E-state index contributed by atoms with van der Waals surface area (Å²) in [7, 11) is 0. The van der Waals surface area contributed by atoms with E-state index in [1.807, 2.05) is 54.2 Å². The standard InChI is InChI=1S/C16H22O2S/c1-13-12-19-14(2)11-16(13,17)9-6-10-18-15-7-4-3-5-8-15/h3-9,13-14,17H,10-12H2,1-2H3. The molecule has 3 atom stereocenters. The molecule has 0 radical (unpaired) electrons. The number of para-hydroxylation sites is 1. The zero-order valence-corrected chi connectivity index (χ0v) is 12.4. The molecule has 2 nitrogen and oxygen atoms in total. The van der Waals surface area contributed by atoms with Crippen molar-refractivity contribution < 1.29 is 9.84 Å². The van der Waals surface area contributed by atoms with Gasteiger partial charge in [0.15, 0.2) is 0 Å². The molecule has 3 unspecified atom stereocenters. The molecule has 1 aromatic rings. The Bertz CT molecular complexity index is 418. The average Bonchev–Trinajstić information content (AvgIpc) is 2.41. The number of aliphatic hydroxyl groups is 1. The molecule has 1 aliphatic rings. The van der Waals surface area contributed by atoms with Gasteiger partial charge >= 0.3 is 0 Å². The first-order chi connectivity index (χ1) is 9.10. The van der Waals surface area contributed by atoms with E-state index in [0.29, 0.717) is 17.8 Å². The fraction of sp³-hybridized carbons (Fsp3) is 0.500. The van der Waals surface area contributed by atoms with Crippen LogP contribution in [-0.4, -0.2) is 28.3 Å². The molecule has 1 aliphatic heterocycles. The lowest BCUT2D eigenvalue weighted by Crippen LogP contribution is -2.41. The number of benzene rings is 1. The summed E-state index contributed by atoms with van der Waals surface area (Å²) in [6.07, 6.45) is 4.68. The van der Waals surface area contributed by atoms with Crippen LogP contribution in [0.25, 0.3) is 0 Å². The predicted octanol–water partition coefficient (Wildman–Crippen LogP) is 3.51. The third kappa shape index (κ3) is 4.02. The fourth-order valence-electron chi connectivity index (χ4n) is 2.32. The van der Waals surface area contributed by atoms with Gasteiger partial charge in [-0.05, 0) is 36.3 Å². The summed E-state index contributed by atoms with van der Waals surface area (Å²) in [5.41, 5.74) is -0.676. The normalized spacial score (nSPS) is 31.5. The molecule has 104 valence electrons. The summed E-state index contributed by atoms with van der Waals surface area (Å²) in [4.78, 5) is 0. The number of hydrogen-bond donors (Lipinski definition) is 1. The van der Waals surface area contributed by atoms with Gasteiger partial charge in [-0.2, -0.15) is 11.8 Å². The highest BCUT2D eigenvalue weighted by Crippen LogP contribution is 2.37. The Morgan fingerprint density at radius 1 is 1.37 bits per heavy atom. The molecule has 0 spiro atoms. The molecule has 0 amide bonds. The molecule has 1 aromatic carbocycles. The van der Waals surface area contributed by atoms with E-state index in [9.17, 15) is 5.11 Å². The summed E-state index contributed by atoms with van der Waals surface area (Å²) in [6.45, 7) is 4.79. The van der Waals surface area contributed by atoms with Crippen molar-refractivity contribution >= 4 is 11.8 Å². The van der Waals surface area contributed by atoms with Crippen LogP contribution >= 0.6 is 11.8 Å². The van der Waals surface area contributed by atoms with Crippen molar-refractivity contribution in [2.24, 2.45) is 5.92 Å². The molecule has 0 aliphatic carbocycles. The second-order valence-corrected chi connectivity index (χ2v) is 6.74. The van der Waals surface area contributed by atoms with Crippen LogP contribution in [-0.2, 0) is 0 Å². The molecule has 1 N–H and O–H groups in total. The molecular weight excluding hydrogens is 256 g/mol. The SMILES string of the molecule is CC1CC(O)(C=CCOc2ccccc2)C(C)CS1. The minimum atomic E-state index is -0.676. The first-order valence-corrected chi connectivity index (χ1v) is 7.84. The van der Waals surface area contributed by atoms with Gasteiger partial charge in [-0.25, -0.2) is 0 Å². The van der Waals surface area contributed by atoms with Gasteiger partial charge in [0.1, 0.15) is 12.4 Å². The van der Waals surface area contributed by atoms with Crippen LogP contribution in [0.2, 0.25) is 0 Å². The molecule has 0 aromatic heterocycles. The van der Waals surface area contributed by atoms with Crippen molar-refractivity contribution in [3.8, 4) is 5.75 Å². The smallest absolute Gasteiger partial charge is 0.119 e. The van der Waals surface area contributed by atoms with Gasteiger partial charge in [0.25, 0.3) is 0 Å². The lowest BCUT2D eigenvalue weighted by atomic mass is 9.85. The van der Waals surface area contributed by atoms with Crippen LogP contribution in [0.4, 0.5) is 0 Å². The Balaban J connectivity index is 1.87. The zero-order chi connectivity index (χ0) is 13.7. The summed E-state index contributed by atoms with van der Waals surface area (Å²) in [5, 5.41) is 11.2. The number of ether oxygens (including phenoxy) is 1. The van der Waals surface area contributed by atoms with Gasteiger partial charge in [0.05, 0.1) is 5.60 Å². The van der Waals surface area contributed by atoms with Gasteiger partial charge in [-0.1, -0.05) is 38.1 Å². The van der Waals surface area contributed by atoms with Crippen LogP contribution in [0, 0.1) is 5.92 Å². The minimum Gasteiger partial charge on any atom is -0.490 e. The van der Waals surface area contributed by atoms with Crippen molar-refractivity contribution in [3.05, 3.63) is 42.5 Å². The molecule has 0 saturated carbocycles. The molecule has 19 heavy (non-hydrogen) atoms. The Morgan fingerprint density at radius 2 is 2.11 bits per heavy atom. The molecule has 1 saturated heterocycles. The Hall–Kier alpha value is -0.930. The Morgan fingerprint density at radius 3 is 2.84 bits per heavy atom. The van der Waals surface area contributed by atoms with Crippen molar-refractivity contribution in [1.29, 1.82) is 0 Å². The van der Waals surface area contributed by atoms with Crippen LogP contribution in [0.1, 0.15) is 20.3 Å². The van der Waals surface area contributed by atoms with Gasteiger partial charge in [0.2, 0.25) is 0 Å². The number of hydrogen-bond acceptors (Lipinski definition) is 3. The van der Waals surface area contributed by atoms with Gasteiger partial charge in [0, 0.05) is 5.25 Å². The highest BCUT2D eigenvalue weighted by atomic mass is 32.2. The van der Waals surface area contributed by atoms with E-state index < -0.39 is 5.60 Å². The molecule has 1 fully saturated rings. The highest BCUT2D eigenvalue weighted by molar-refractivity contribution is 7.99. The van der Waals surface area contributed by atoms with E-state index >= 15 is 0 Å². The van der Waals surface area contributed by atoms with E-state index in [0.717, 1.165) is 17.9 Å². The second-order valence-electron chi connectivity index (χ2n) is 5.27. The molecule has 0 bridgehead atoms. The lowest BCUT2D eigenvalue weighted by molar-refractivity contribution is 0.0328. The summed E-state index contributed by atoms with van der Waals surface area (Å²) in [6, 6.07) is 9.74. The van der Waals surface area contributed by atoms with Gasteiger partial charge in [-0.15, -0.1) is 0 Å². The van der Waals surface area contributed by atoms with Crippen LogP contribution in [0.5, 0.6) is 5.75 Å². The van der Waals surface area contributed by atoms with Crippen molar-refractivity contribution in [1.82, 2.24) is 0 Å². The largest absolute Gasteiger partial charge is 0.490 e. The molecule has 1 heterocycles. The van der Waals surface area contributed by atoms with Crippen molar-refractivity contribution in [2.45, 2.75) is 31.1 Å². The summed E-state index contributed by atoms with van der Waals surface area (Å²) < 4.78 is 5.60. The van der Waals surface area contributed by atoms with Crippen molar-refractivity contribution in [3.63, 3.8) is 0 Å². The van der Waals surface area contributed by atoms with Crippen LogP contribution < -0.4 is 4.74 Å². The lowest BCUT2D eigenvalue weighted by Gasteiger charge is -2.38. The fourth-order valence-corrected chi connectivity index (χ4v) is 3.61. The van der Waals surface area contributed by atoms with Crippen LogP contribution in [0.3, 0.4) is 0 Å². The van der Waals surface area contributed by atoms with E-state index in [-0.39, 0.29) is 0 Å². The monoisotopic (exact) mass is 278 g/mol. The highest BCUT2D eigenvalue weighted by Gasteiger charge is 2.36. The van der Waals surface area contributed by atoms with Crippen molar-refractivity contribution in [2.75, 3.05) is 12.4 Å². The predicted molar refractivity (Wildman–Crippen MR) is 81.7 cm³/mol. The third-order valence-corrected chi connectivity index (χ3v) is 5.02. The van der Waals surface area contributed by atoms with Crippen LogP contribution in [0.15, 0.2) is 42.5 Å². The van der Waals surface area contributed by atoms with Gasteiger partial charge < -0.3 is 9.84 Å². The maximum Gasteiger partial charge on any atom is 0.119 e. The van der Waals surface area contributed by atoms with Gasteiger partial charge in [-0.3, -0.25) is 0 Å². The maximum atomic E-state index is 10.7. The Labute approximate surface area is 119 Å². The molecular formula is C16H22O2S. The average molecular weight is 278 g/mol. The number of rotatable bonds is 4. The van der Waals surface area contributed by atoms with E-state index in [2.05, 4.69) is 13.8 Å². The zero-order valence-electron chi connectivity index (χ0n) is 11.6. The maximum absolute atomic E-state index is 10.7. The third-order valence-electron chi connectivity index (χ3n) is 3.59. The quantitative estimate of drug-likeness (QED) is 0.855. The Kier molecular flexibility index (Phi) is 4.94.